The van der Waals surface area contributed by atoms with Crippen molar-refractivity contribution in [2.24, 2.45) is 5.41 Å². The first-order valence-electron chi connectivity index (χ1n) is 8.83. The topological polar surface area (TPSA) is 82.1 Å². The lowest BCUT2D eigenvalue weighted by molar-refractivity contribution is -0.175. The van der Waals surface area contributed by atoms with E-state index in [0.717, 1.165) is 5.56 Å². The standard InChI is InChI=1S/C19H25NO6/c1-3-24-16(21)19(17(22)25-4-2)10-12-20(13-11-19)18(23)26-14-15-8-6-5-7-9-15/h5-9H,3-4,10-14H2,1-2H3. The molecule has 1 heterocycles. The highest BCUT2D eigenvalue weighted by Gasteiger charge is 2.51. The lowest BCUT2D eigenvalue weighted by Gasteiger charge is -2.37. The Balaban J connectivity index is 1.96. The molecule has 26 heavy (non-hydrogen) atoms. The number of likely N-dealkylation sites (tertiary alicyclic amines) is 1. The zero-order valence-corrected chi connectivity index (χ0v) is 15.2. The summed E-state index contributed by atoms with van der Waals surface area (Å²) in [6.45, 7) is 4.37. The molecule has 0 spiro atoms. The number of carbonyl (C=O) groups is 3. The molecule has 0 radical (unpaired) electrons. The van der Waals surface area contributed by atoms with Gasteiger partial charge in [0.15, 0.2) is 5.41 Å². The number of esters is 2. The number of carbonyl (C=O) groups excluding carboxylic acids is 3. The molecule has 142 valence electrons. The number of piperidine rings is 1. The third kappa shape index (κ3) is 4.53. The molecule has 0 aliphatic carbocycles. The van der Waals surface area contributed by atoms with Crippen LogP contribution < -0.4 is 0 Å². The summed E-state index contributed by atoms with van der Waals surface area (Å²) >= 11 is 0. The molecule has 1 aliphatic heterocycles. The van der Waals surface area contributed by atoms with Crippen molar-refractivity contribution < 1.29 is 28.6 Å². The van der Waals surface area contributed by atoms with Crippen LogP contribution >= 0.6 is 0 Å². The van der Waals surface area contributed by atoms with E-state index >= 15 is 0 Å². The predicted octanol–water partition coefficient (Wildman–Crippen LogP) is 2.53. The largest absolute Gasteiger partial charge is 0.465 e. The van der Waals surface area contributed by atoms with Crippen molar-refractivity contribution >= 4 is 18.0 Å². The highest BCUT2D eigenvalue weighted by Crippen LogP contribution is 2.35. The van der Waals surface area contributed by atoms with E-state index in [1.165, 1.54) is 4.90 Å². The van der Waals surface area contributed by atoms with Crippen LogP contribution in [0, 0.1) is 5.41 Å². The Morgan fingerprint density at radius 1 is 0.923 bits per heavy atom. The van der Waals surface area contributed by atoms with Gasteiger partial charge in [0.2, 0.25) is 0 Å². The molecule has 0 bridgehead atoms. The Morgan fingerprint density at radius 3 is 1.96 bits per heavy atom. The fourth-order valence-corrected chi connectivity index (χ4v) is 2.91. The van der Waals surface area contributed by atoms with Gasteiger partial charge < -0.3 is 19.1 Å². The third-order valence-corrected chi connectivity index (χ3v) is 4.41. The fraction of sp³-hybridized carbons (Fsp3) is 0.526. The van der Waals surface area contributed by atoms with Gasteiger partial charge in [-0.2, -0.15) is 0 Å². The molecule has 0 N–H and O–H groups in total. The number of hydrogen-bond donors (Lipinski definition) is 0. The minimum atomic E-state index is -1.35. The molecule has 1 aliphatic rings. The Hall–Kier alpha value is -2.57. The molecule has 1 fully saturated rings. The Kier molecular flexibility index (Phi) is 7.00. The van der Waals surface area contributed by atoms with Gasteiger partial charge in [0.25, 0.3) is 0 Å². The normalized spacial score (nSPS) is 15.8. The molecule has 1 aromatic rings. The lowest BCUT2D eigenvalue weighted by Crippen LogP contribution is -2.51. The Morgan fingerprint density at radius 2 is 1.46 bits per heavy atom. The highest BCUT2D eigenvalue weighted by molar-refractivity contribution is 6.00. The van der Waals surface area contributed by atoms with Gasteiger partial charge in [-0.05, 0) is 32.3 Å². The summed E-state index contributed by atoms with van der Waals surface area (Å²) in [6, 6.07) is 9.38. The Labute approximate surface area is 153 Å². The molecule has 0 unspecified atom stereocenters. The van der Waals surface area contributed by atoms with Gasteiger partial charge in [0.05, 0.1) is 13.2 Å². The smallest absolute Gasteiger partial charge is 0.410 e. The van der Waals surface area contributed by atoms with E-state index in [1.807, 2.05) is 30.3 Å². The van der Waals surface area contributed by atoms with Crippen LogP contribution in [0.4, 0.5) is 4.79 Å². The van der Waals surface area contributed by atoms with Gasteiger partial charge in [-0.1, -0.05) is 30.3 Å². The summed E-state index contributed by atoms with van der Waals surface area (Å²) in [7, 11) is 0. The third-order valence-electron chi connectivity index (χ3n) is 4.41. The molecule has 0 atom stereocenters. The average molecular weight is 363 g/mol. The molecule has 0 saturated carbocycles. The van der Waals surface area contributed by atoms with Crippen molar-refractivity contribution in [2.45, 2.75) is 33.3 Å². The predicted molar refractivity (Wildman–Crippen MR) is 93.1 cm³/mol. The fourth-order valence-electron chi connectivity index (χ4n) is 2.91. The zero-order chi connectivity index (χ0) is 19.0. The van der Waals surface area contributed by atoms with Crippen LogP contribution in [0.25, 0.3) is 0 Å². The van der Waals surface area contributed by atoms with E-state index in [0.29, 0.717) is 0 Å². The average Bonchev–Trinajstić information content (AvgIpc) is 2.67. The number of amides is 1. The number of rotatable bonds is 6. The van der Waals surface area contributed by atoms with Gasteiger partial charge in [-0.25, -0.2) is 4.79 Å². The van der Waals surface area contributed by atoms with Gasteiger partial charge in [-0.15, -0.1) is 0 Å². The van der Waals surface area contributed by atoms with Crippen LogP contribution in [-0.2, 0) is 30.4 Å². The van der Waals surface area contributed by atoms with Crippen LogP contribution in [0.15, 0.2) is 30.3 Å². The summed E-state index contributed by atoms with van der Waals surface area (Å²) in [4.78, 5) is 38.5. The molecule has 1 saturated heterocycles. The lowest BCUT2D eigenvalue weighted by atomic mass is 9.78. The molecule has 2 rings (SSSR count). The van der Waals surface area contributed by atoms with Crippen molar-refractivity contribution in [3.05, 3.63) is 35.9 Å². The second-order valence-corrected chi connectivity index (χ2v) is 6.05. The van der Waals surface area contributed by atoms with E-state index in [2.05, 4.69) is 0 Å². The number of ether oxygens (including phenoxy) is 3. The Bertz CT molecular complexity index is 602. The van der Waals surface area contributed by atoms with Crippen molar-refractivity contribution in [1.29, 1.82) is 0 Å². The van der Waals surface area contributed by atoms with E-state index in [9.17, 15) is 14.4 Å². The van der Waals surface area contributed by atoms with E-state index in [-0.39, 0.29) is 45.8 Å². The SMILES string of the molecule is CCOC(=O)C1(C(=O)OCC)CCN(C(=O)OCc2ccccc2)CC1. The highest BCUT2D eigenvalue weighted by atomic mass is 16.6. The monoisotopic (exact) mass is 363 g/mol. The van der Waals surface area contributed by atoms with Crippen LogP contribution in [-0.4, -0.2) is 49.2 Å². The summed E-state index contributed by atoms with van der Waals surface area (Å²) in [5, 5.41) is 0. The zero-order valence-electron chi connectivity index (χ0n) is 15.2. The van der Waals surface area contributed by atoms with E-state index in [4.69, 9.17) is 14.2 Å². The molecule has 7 heteroatoms. The minimum absolute atomic E-state index is 0.158. The van der Waals surface area contributed by atoms with Gasteiger partial charge in [-0.3, -0.25) is 9.59 Å². The summed E-state index contributed by atoms with van der Waals surface area (Å²) in [5.74, 6) is -1.17. The molecule has 1 amide bonds. The maximum Gasteiger partial charge on any atom is 0.410 e. The first-order chi connectivity index (χ1) is 12.5. The van der Waals surface area contributed by atoms with Crippen molar-refractivity contribution in [3.8, 4) is 0 Å². The van der Waals surface area contributed by atoms with Crippen LogP contribution in [0.2, 0.25) is 0 Å². The van der Waals surface area contributed by atoms with E-state index < -0.39 is 23.4 Å². The van der Waals surface area contributed by atoms with Crippen molar-refractivity contribution in [2.75, 3.05) is 26.3 Å². The van der Waals surface area contributed by atoms with Gasteiger partial charge in [0, 0.05) is 13.1 Å². The van der Waals surface area contributed by atoms with Crippen molar-refractivity contribution in [3.63, 3.8) is 0 Å². The first-order valence-corrected chi connectivity index (χ1v) is 8.83. The van der Waals surface area contributed by atoms with Gasteiger partial charge >= 0.3 is 18.0 Å². The minimum Gasteiger partial charge on any atom is -0.465 e. The molecule has 0 aromatic heterocycles. The van der Waals surface area contributed by atoms with Crippen molar-refractivity contribution in [1.82, 2.24) is 4.90 Å². The first kappa shape index (κ1) is 19.8. The van der Waals surface area contributed by atoms with Crippen LogP contribution in [0.5, 0.6) is 0 Å². The number of hydrogen-bond acceptors (Lipinski definition) is 6. The maximum atomic E-state index is 12.4. The second-order valence-electron chi connectivity index (χ2n) is 6.05. The van der Waals surface area contributed by atoms with Crippen LogP contribution in [0.1, 0.15) is 32.3 Å². The molecule has 7 nitrogen and oxygen atoms in total. The molecular formula is C19H25NO6. The number of nitrogens with zero attached hydrogens (tertiary/aromatic N) is 1. The quantitative estimate of drug-likeness (QED) is 0.439. The molecular weight excluding hydrogens is 338 g/mol. The maximum absolute atomic E-state index is 12.4. The summed E-state index contributed by atoms with van der Waals surface area (Å²) < 4.78 is 15.5. The molecule has 1 aromatic carbocycles. The van der Waals surface area contributed by atoms with Crippen LogP contribution in [0.3, 0.4) is 0 Å². The second kappa shape index (κ2) is 9.22. The van der Waals surface area contributed by atoms with Gasteiger partial charge in [0.1, 0.15) is 6.61 Å². The number of benzene rings is 1. The summed E-state index contributed by atoms with van der Waals surface area (Å²) in [6.07, 6.45) is -0.147. The van der Waals surface area contributed by atoms with E-state index in [1.54, 1.807) is 13.8 Å². The summed E-state index contributed by atoms with van der Waals surface area (Å²) in [5.41, 5.74) is -0.451.